The number of nitrogens with zero attached hydrogens (tertiary/aromatic N) is 1. The first-order chi connectivity index (χ1) is 9.12. The first-order valence-corrected chi connectivity index (χ1v) is 7.41. The van der Waals surface area contributed by atoms with Crippen LogP contribution >= 0.6 is 11.8 Å². The monoisotopic (exact) mass is 278 g/mol. The maximum absolute atomic E-state index is 12.0. The Hall–Kier alpha value is -1.20. The zero-order chi connectivity index (χ0) is 13.5. The summed E-state index contributed by atoms with van der Waals surface area (Å²) >= 11 is 1.82. The zero-order valence-corrected chi connectivity index (χ0v) is 12.0. The van der Waals surface area contributed by atoms with Crippen LogP contribution in [0.2, 0.25) is 0 Å². The van der Waals surface area contributed by atoms with Gasteiger partial charge in [-0.2, -0.15) is 0 Å². The lowest BCUT2D eigenvalue weighted by Crippen LogP contribution is -2.51. The molecule has 2 unspecified atom stereocenters. The summed E-state index contributed by atoms with van der Waals surface area (Å²) in [6, 6.07) is 8.02. The molecule has 2 saturated heterocycles. The number of benzene rings is 1. The molecule has 0 radical (unpaired) electrons. The minimum atomic E-state index is -0.111. The van der Waals surface area contributed by atoms with Crippen LogP contribution in [-0.4, -0.2) is 22.9 Å². The second-order valence-corrected chi connectivity index (χ2v) is 6.74. The van der Waals surface area contributed by atoms with E-state index in [9.17, 15) is 4.79 Å². The topological polar surface area (TPSA) is 41.6 Å². The van der Waals surface area contributed by atoms with Gasteiger partial charge in [0, 0.05) is 6.42 Å². The molecule has 102 valence electrons. The number of rotatable bonds is 2. The highest BCUT2D eigenvalue weighted by Crippen LogP contribution is 2.49. The minimum Gasteiger partial charge on any atom is -0.497 e. The standard InChI is InChI=1S/C14H18N2O2S/c1-14-9-3-4-12(17)16(14)15-13(19-14)10-5-7-11(18-2)8-6-10/h5-8,13,15H,3-4,9H2,1-2H3. The maximum atomic E-state index is 12.0. The minimum absolute atomic E-state index is 0.111. The third-order valence-corrected chi connectivity index (χ3v) is 5.30. The average Bonchev–Trinajstić information content (AvgIpc) is 2.78. The first-order valence-electron chi connectivity index (χ1n) is 6.53. The van der Waals surface area contributed by atoms with Crippen LogP contribution < -0.4 is 10.2 Å². The van der Waals surface area contributed by atoms with E-state index < -0.39 is 0 Å². The molecule has 0 bridgehead atoms. The fourth-order valence-electron chi connectivity index (χ4n) is 2.69. The molecule has 5 heteroatoms. The van der Waals surface area contributed by atoms with E-state index in [0.29, 0.717) is 6.42 Å². The van der Waals surface area contributed by atoms with E-state index in [0.717, 1.165) is 18.6 Å². The number of fused-ring (bicyclic) bond motifs is 1. The van der Waals surface area contributed by atoms with Crippen molar-refractivity contribution in [3.8, 4) is 5.75 Å². The molecule has 3 rings (SSSR count). The lowest BCUT2D eigenvalue weighted by Gasteiger charge is -2.36. The molecule has 2 fully saturated rings. The summed E-state index contributed by atoms with van der Waals surface area (Å²) in [5.74, 6) is 1.06. The van der Waals surface area contributed by atoms with Gasteiger partial charge >= 0.3 is 0 Å². The van der Waals surface area contributed by atoms with Gasteiger partial charge in [0.1, 0.15) is 10.6 Å². The highest BCUT2D eigenvalue weighted by atomic mass is 32.2. The molecule has 2 atom stereocenters. The van der Waals surface area contributed by atoms with E-state index in [4.69, 9.17) is 4.74 Å². The van der Waals surface area contributed by atoms with Gasteiger partial charge in [0.2, 0.25) is 5.91 Å². The number of ether oxygens (including phenoxy) is 1. The molecular formula is C14H18N2O2S. The Morgan fingerprint density at radius 2 is 2.16 bits per heavy atom. The second-order valence-electron chi connectivity index (χ2n) is 5.16. The molecule has 2 aliphatic heterocycles. The van der Waals surface area contributed by atoms with Crippen LogP contribution in [0.25, 0.3) is 0 Å². The molecule has 0 aliphatic carbocycles. The maximum Gasteiger partial charge on any atom is 0.238 e. The molecule has 0 spiro atoms. The summed E-state index contributed by atoms with van der Waals surface area (Å²) in [6.07, 6.45) is 2.68. The van der Waals surface area contributed by atoms with Crippen molar-refractivity contribution < 1.29 is 9.53 Å². The van der Waals surface area contributed by atoms with Crippen LogP contribution in [0.4, 0.5) is 0 Å². The SMILES string of the molecule is COc1ccc(C2NN3C(=O)CCCC3(C)S2)cc1. The Morgan fingerprint density at radius 3 is 2.79 bits per heavy atom. The average molecular weight is 278 g/mol. The number of thioether (sulfide) groups is 1. The summed E-state index contributed by atoms with van der Waals surface area (Å²) in [7, 11) is 1.66. The van der Waals surface area contributed by atoms with Gasteiger partial charge in [-0.1, -0.05) is 12.1 Å². The zero-order valence-electron chi connectivity index (χ0n) is 11.2. The number of carbonyl (C=O) groups is 1. The fraction of sp³-hybridized carbons (Fsp3) is 0.500. The molecule has 1 aromatic rings. The normalized spacial score (nSPS) is 30.3. The number of piperidine rings is 1. The highest BCUT2D eigenvalue weighted by Gasteiger charge is 2.47. The van der Waals surface area contributed by atoms with Gasteiger partial charge in [0.05, 0.1) is 12.5 Å². The predicted octanol–water partition coefficient (Wildman–Crippen LogP) is 2.67. The number of amides is 1. The first kappa shape index (κ1) is 12.8. The molecule has 0 aromatic heterocycles. The van der Waals surface area contributed by atoms with Crippen LogP contribution in [0.1, 0.15) is 37.1 Å². The molecule has 1 N–H and O–H groups in total. The fourth-order valence-corrected chi connectivity index (χ4v) is 4.18. The van der Waals surface area contributed by atoms with E-state index in [1.54, 1.807) is 7.11 Å². The number of hydrazine groups is 1. The number of nitrogens with one attached hydrogen (secondary N) is 1. The van der Waals surface area contributed by atoms with Crippen LogP contribution in [0.5, 0.6) is 5.75 Å². The van der Waals surface area contributed by atoms with Crippen molar-refractivity contribution in [1.82, 2.24) is 10.4 Å². The summed E-state index contributed by atoms with van der Waals surface area (Å²) in [5, 5.41) is 1.97. The predicted molar refractivity (Wildman–Crippen MR) is 75.6 cm³/mol. The highest BCUT2D eigenvalue weighted by molar-refractivity contribution is 8.01. The van der Waals surface area contributed by atoms with Crippen LogP contribution in [0, 0.1) is 0 Å². The van der Waals surface area contributed by atoms with Gasteiger partial charge in [-0.05, 0) is 37.5 Å². The van der Waals surface area contributed by atoms with Gasteiger partial charge in [-0.3, -0.25) is 9.80 Å². The summed E-state index contributed by atoms with van der Waals surface area (Å²) in [5.41, 5.74) is 4.52. The molecule has 1 aromatic carbocycles. The Morgan fingerprint density at radius 1 is 1.42 bits per heavy atom. The number of hydrogen-bond donors (Lipinski definition) is 1. The van der Waals surface area contributed by atoms with Crippen molar-refractivity contribution in [2.45, 2.75) is 36.4 Å². The number of carbonyl (C=O) groups excluding carboxylic acids is 1. The van der Waals surface area contributed by atoms with Gasteiger partial charge in [0.25, 0.3) is 0 Å². The van der Waals surface area contributed by atoms with E-state index in [1.807, 2.05) is 28.9 Å². The van der Waals surface area contributed by atoms with Crippen molar-refractivity contribution in [2.24, 2.45) is 0 Å². The van der Waals surface area contributed by atoms with Crippen LogP contribution in [0.3, 0.4) is 0 Å². The Bertz CT molecular complexity index is 491. The molecule has 2 aliphatic rings. The summed E-state index contributed by atoms with van der Waals surface area (Å²) in [4.78, 5) is 11.9. The van der Waals surface area contributed by atoms with Crippen molar-refractivity contribution in [2.75, 3.05) is 7.11 Å². The lowest BCUT2D eigenvalue weighted by atomic mass is 10.0. The van der Waals surface area contributed by atoms with Crippen molar-refractivity contribution in [1.29, 1.82) is 0 Å². The van der Waals surface area contributed by atoms with Crippen molar-refractivity contribution in [3.05, 3.63) is 29.8 Å². The van der Waals surface area contributed by atoms with Crippen molar-refractivity contribution >= 4 is 17.7 Å². The molecule has 2 heterocycles. The van der Waals surface area contributed by atoms with Gasteiger partial charge in [-0.25, -0.2) is 5.43 Å². The molecule has 19 heavy (non-hydrogen) atoms. The van der Waals surface area contributed by atoms with E-state index in [-0.39, 0.29) is 16.2 Å². The van der Waals surface area contributed by atoms with Gasteiger partial charge in [-0.15, -0.1) is 11.8 Å². The summed E-state index contributed by atoms with van der Waals surface area (Å²) in [6.45, 7) is 2.14. The molecular weight excluding hydrogens is 260 g/mol. The molecule has 1 amide bonds. The third kappa shape index (κ3) is 2.21. The molecule has 0 saturated carbocycles. The largest absolute Gasteiger partial charge is 0.497 e. The second kappa shape index (κ2) is 4.72. The summed E-state index contributed by atoms with van der Waals surface area (Å²) < 4.78 is 5.17. The Kier molecular flexibility index (Phi) is 3.19. The van der Waals surface area contributed by atoms with E-state index in [2.05, 4.69) is 24.5 Å². The van der Waals surface area contributed by atoms with Crippen molar-refractivity contribution in [3.63, 3.8) is 0 Å². The smallest absolute Gasteiger partial charge is 0.238 e. The van der Waals surface area contributed by atoms with Gasteiger partial charge in [0.15, 0.2) is 0 Å². The third-order valence-electron chi connectivity index (χ3n) is 3.79. The number of methoxy groups -OCH3 is 1. The van der Waals surface area contributed by atoms with E-state index in [1.165, 1.54) is 5.56 Å². The van der Waals surface area contributed by atoms with Gasteiger partial charge < -0.3 is 4.74 Å². The Balaban J connectivity index is 1.82. The van der Waals surface area contributed by atoms with E-state index >= 15 is 0 Å². The lowest BCUT2D eigenvalue weighted by molar-refractivity contribution is -0.140. The molecule has 4 nitrogen and oxygen atoms in total. The number of hydrogen-bond acceptors (Lipinski definition) is 4. The Labute approximate surface area is 117 Å². The quantitative estimate of drug-likeness (QED) is 0.903. The van der Waals surface area contributed by atoms with Crippen LogP contribution in [0.15, 0.2) is 24.3 Å². The van der Waals surface area contributed by atoms with Crippen LogP contribution in [-0.2, 0) is 4.79 Å².